The Bertz CT molecular complexity index is 587. The molecule has 1 aromatic carbocycles. The van der Waals surface area contributed by atoms with Crippen LogP contribution in [0.25, 0.3) is 0 Å². The maximum Gasteiger partial charge on any atom is 0.251 e. The Morgan fingerprint density at radius 2 is 1.81 bits per heavy atom. The highest BCUT2D eigenvalue weighted by Gasteiger charge is 2.40. The van der Waals surface area contributed by atoms with Crippen LogP contribution in [0.4, 0.5) is 5.69 Å². The van der Waals surface area contributed by atoms with E-state index < -0.39 is 11.9 Å². The van der Waals surface area contributed by atoms with Gasteiger partial charge in [-0.3, -0.25) is 14.4 Å². The second kappa shape index (κ2) is 5.29. The summed E-state index contributed by atoms with van der Waals surface area (Å²) in [6.45, 7) is 5.82. The lowest BCUT2D eigenvalue weighted by molar-refractivity contribution is -0.121. The molecule has 0 aromatic heterocycles. The first-order valence-electron chi connectivity index (χ1n) is 6.73. The number of rotatable bonds is 3. The van der Waals surface area contributed by atoms with Crippen molar-refractivity contribution in [2.45, 2.75) is 38.8 Å². The minimum Gasteiger partial charge on any atom is -0.366 e. The number of nitrogens with zero attached hydrogens (tertiary/aromatic N) is 1. The molecule has 0 saturated carbocycles. The fourth-order valence-corrected chi connectivity index (χ4v) is 2.31. The molecular weight excluding hydrogens is 270 g/mol. The highest BCUT2D eigenvalue weighted by Crippen LogP contribution is 2.24. The van der Waals surface area contributed by atoms with Crippen molar-refractivity contribution < 1.29 is 14.4 Å². The molecule has 1 atom stereocenters. The number of hydrogen-bond donors (Lipinski definition) is 2. The molecule has 1 saturated heterocycles. The van der Waals surface area contributed by atoms with Crippen LogP contribution in [0, 0.1) is 0 Å². The third-order valence-corrected chi connectivity index (χ3v) is 3.16. The first kappa shape index (κ1) is 15.2. The minimum absolute atomic E-state index is 0.133. The van der Waals surface area contributed by atoms with Gasteiger partial charge in [0.05, 0.1) is 18.2 Å². The van der Waals surface area contributed by atoms with Crippen LogP contribution in [-0.4, -0.2) is 29.3 Å². The van der Waals surface area contributed by atoms with Crippen LogP contribution in [-0.2, 0) is 9.59 Å². The molecular formula is C15H19N3O3. The molecule has 3 N–H and O–H groups in total. The third-order valence-electron chi connectivity index (χ3n) is 3.16. The van der Waals surface area contributed by atoms with Crippen molar-refractivity contribution in [1.29, 1.82) is 0 Å². The molecule has 1 heterocycles. The molecule has 112 valence electrons. The maximum absolute atomic E-state index is 12.4. The Kier molecular flexibility index (Phi) is 3.82. The second-order valence-electron chi connectivity index (χ2n) is 6.13. The molecule has 1 aliphatic heterocycles. The normalized spacial score (nSPS) is 19.2. The van der Waals surface area contributed by atoms with E-state index in [0.717, 1.165) is 4.90 Å². The average Bonchev–Trinajstić information content (AvgIpc) is 2.62. The zero-order chi connectivity index (χ0) is 15.8. The number of amides is 3. The largest absolute Gasteiger partial charge is 0.366 e. The summed E-state index contributed by atoms with van der Waals surface area (Å²) >= 11 is 0. The van der Waals surface area contributed by atoms with Gasteiger partial charge in [-0.2, -0.15) is 0 Å². The summed E-state index contributed by atoms with van der Waals surface area (Å²) in [6.07, 6.45) is 0.133. The summed E-state index contributed by atoms with van der Waals surface area (Å²) in [5.41, 5.74) is 5.70. The highest BCUT2D eigenvalue weighted by atomic mass is 16.2. The van der Waals surface area contributed by atoms with Gasteiger partial charge in [-0.1, -0.05) is 0 Å². The van der Waals surface area contributed by atoms with Crippen molar-refractivity contribution in [2.24, 2.45) is 5.73 Å². The molecule has 0 aliphatic carbocycles. The molecule has 6 nitrogen and oxygen atoms in total. The van der Waals surface area contributed by atoms with Crippen LogP contribution < -0.4 is 16.0 Å². The van der Waals surface area contributed by atoms with E-state index in [4.69, 9.17) is 5.73 Å². The smallest absolute Gasteiger partial charge is 0.251 e. The fraction of sp³-hybridized carbons (Fsp3) is 0.400. The summed E-state index contributed by atoms with van der Waals surface area (Å²) in [6, 6.07) is 5.59. The van der Waals surface area contributed by atoms with Crippen LogP contribution in [0.5, 0.6) is 0 Å². The topological polar surface area (TPSA) is 92.5 Å². The SMILES string of the molecule is CC(C)(C)NC1CC(=O)N(c2ccc(C(N)=O)cc2)C1=O. The van der Waals surface area contributed by atoms with E-state index in [0.29, 0.717) is 11.3 Å². The molecule has 1 fully saturated rings. The fourth-order valence-electron chi connectivity index (χ4n) is 2.31. The first-order chi connectivity index (χ1) is 9.69. The number of nitrogens with two attached hydrogens (primary N) is 1. The lowest BCUT2D eigenvalue weighted by Crippen LogP contribution is -2.47. The predicted octanol–water partition coefficient (Wildman–Crippen LogP) is 0.806. The van der Waals surface area contributed by atoms with Gasteiger partial charge < -0.3 is 11.1 Å². The Morgan fingerprint density at radius 1 is 1.24 bits per heavy atom. The predicted molar refractivity (Wildman–Crippen MR) is 78.7 cm³/mol. The number of carbonyl (C=O) groups excluding carboxylic acids is 3. The molecule has 3 amide bonds. The number of carbonyl (C=O) groups is 3. The number of primary amides is 1. The van der Waals surface area contributed by atoms with E-state index in [1.54, 1.807) is 12.1 Å². The molecule has 0 radical (unpaired) electrons. The van der Waals surface area contributed by atoms with E-state index in [9.17, 15) is 14.4 Å². The van der Waals surface area contributed by atoms with Crippen molar-refractivity contribution in [3.63, 3.8) is 0 Å². The Balaban J connectivity index is 2.22. The molecule has 2 rings (SSSR count). The van der Waals surface area contributed by atoms with Gasteiger partial charge in [-0.05, 0) is 45.0 Å². The lowest BCUT2D eigenvalue weighted by atomic mass is 10.1. The van der Waals surface area contributed by atoms with Gasteiger partial charge in [0.1, 0.15) is 0 Å². The highest BCUT2D eigenvalue weighted by molar-refractivity contribution is 6.22. The Morgan fingerprint density at radius 3 is 2.29 bits per heavy atom. The molecule has 1 unspecified atom stereocenters. The van der Waals surface area contributed by atoms with Crippen molar-refractivity contribution in [3.05, 3.63) is 29.8 Å². The molecule has 21 heavy (non-hydrogen) atoms. The number of benzene rings is 1. The minimum atomic E-state index is -0.548. The van der Waals surface area contributed by atoms with E-state index in [2.05, 4.69) is 5.32 Å². The Labute approximate surface area is 123 Å². The average molecular weight is 289 g/mol. The van der Waals surface area contributed by atoms with E-state index >= 15 is 0 Å². The van der Waals surface area contributed by atoms with Crippen LogP contribution in [0.2, 0.25) is 0 Å². The standard InChI is InChI=1S/C15H19N3O3/c1-15(2,3)17-11-8-12(19)18(14(11)21)10-6-4-9(5-7-10)13(16)20/h4-7,11,17H,8H2,1-3H3,(H2,16,20). The summed E-state index contributed by atoms with van der Waals surface area (Å²) in [5, 5.41) is 3.14. The summed E-state index contributed by atoms with van der Waals surface area (Å²) < 4.78 is 0. The summed E-state index contributed by atoms with van der Waals surface area (Å²) in [5.74, 6) is -1.08. The first-order valence-corrected chi connectivity index (χ1v) is 6.73. The van der Waals surface area contributed by atoms with Gasteiger partial charge in [0.25, 0.3) is 5.91 Å². The zero-order valence-electron chi connectivity index (χ0n) is 12.3. The second-order valence-corrected chi connectivity index (χ2v) is 6.13. The number of imide groups is 1. The molecule has 1 aliphatic rings. The monoisotopic (exact) mass is 289 g/mol. The van der Waals surface area contributed by atoms with Crippen molar-refractivity contribution in [3.8, 4) is 0 Å². The van der Waals surface area contributed by atoms with Gasteiger partial charge >= 0.3 is 0 Å². The Hall–Kier alpha value is -2.21. The van der Waals surface area contributed by atoms with Crippen LogP contribution in [0.15, 0.2) is 24.3 Å². The van der Waals surface area contributed by atoms with Crippen molar-refractivity contribution in [2.75, 3.05) is 4.90 Å². The zero-order valence-corrected chi connectivity index (χ0v) is 12.3. The molecule has 6 heteroatoms. The lowest BCUT2D eigenvalue weighted by Gasteiger charge is -2.24. The quantitative estimate of drug-likeness (QED) is 0.805. The van der Waals surface area contributed by atoms with Crippen LogP contribution >= 0.6 is 0 Å². The van der Waals surface area contributed by atoms with E-state index in [1.165, 1.54) is 12.1 Å². The van der Waals surface area contributed by atoms with Gasteiger partial charge in [0, 0.05) is 11.1 Å². The van der Waals surface area contributed by atoms with Gasteiger partial charge in [-0.25, -0.2) is 4.90 Å². The van der Waals surface area contributed by atoms with Gasteiger partial charge in [0.15, 0.2) is 0 Å². The van der Waals surface area contributed by atoms with E-state index in [1.807, 2.05) is 20.8 Å². The molecule has 0 spiro atoms. The molecule has 1 aromatic rings. The number of anilines is 1. The number of nitrogens with one attached hydrogen (secondary N) is 1. The number of hydrogen-bond acceptors (Lipinski definition) is 4. The summed E-state index contributed by atoms with van der Waals surface area (Å²) in [4.78, 5) is 36.6. The van der Waals surface area contributed by atoms with E-state index in [-0.39, 0.29) is 23.8 Å². The van der Waals surface area contributed by atoms with Crippen LogP contribution in [0.1, 0.15) is 37.6 Å². The molecule has 0 bridgehead atoms. The van der Waals surface area contributed by atoms with Crippen molar-refractivity contribution >= 4 is 23.4 Å². The van der Waals surface area contributed by atoms with Crippen LogP contribution in [0.3, 0.4) is 0 Å². The van der Waals surface area contributed by atoms with Crippen molar-refractivity contribution in [1.82, 2.24) is 5.32 Å². The summed E-state index contributed by atoms with van der Waals surface area (Å²) in [7, 11) is 0. The van der Waals surface area contributed by atoms with Gasteiger partial charge in [0.2, 0.25) is 11.8 Å². The maximum atomic E-state index is 12.4. The van der Waals surface area contributed by atoms with Gasteiger partial charge in [-0.15, -0.1) is 0 Å². The third kappa shape index (κ3) is 3.28.